The third kappa shape index (κ3) is 6.40. The van der Waals surface area contributed by atoms with Crippen LogP contribution in [0.4, 0.5) is 0 Å². The number of carbonyl (C=O) groups is 1. The predicted molar refractivity (Wildman–Crippen MR) is 89.7 cm³/mol. The lowest BCUT2D eigenvalue weighted by Gasteiger charge is -2.18. The molecule has 0 heterocycles. The zero-order valence-electron chi connectivity index (χ0n) is 13.3. The third-order valence-electron chi connectivity index (χ3n) is 3.08. The number of hydrogen-bond donors (Lipinski definition) is 2. The van der Waals surface area contributed by atoms with Crippen LogP contribution in [0.1, 0.15) is 38.8 Å². The van der Waals surface area contributed by atoms with Gasteiger partial charge in [0.15, 0.2) is 0 Å². The molecule has 1 rings (SSSR count). The van der Waals surface area contributed by atoms with Gasteiger partial charge in [-0.05, 0) is 56.9 Å². The van der Waals surface area contributed by atoms with Crippen molar-refractivity contribution in [2.24, 2.45) is 5.73 Å². The van der Waals surface area contributed by atoms with Crippen molar-refractivity contribution in [3.63, 3.8) is 0 Å². The molecule has 0 spiro atoms. The lowest BCUT2D eigenvalue weighted by molar-refractivity contribution is -0.123. The number of carbonyl (C=O) groups excluding carboxylic acids is 1. The van der Waals surface area contributed by atoms with Gasteiger partial charge in [0.05, 0.1) is 18.2 Å². The van der Waals surface area contributed by atoms with Gasteiger partial charge in [-0.25, -0.2) is 0 Å². The Morgan fingerprint density at radius 2 is 1.90 bits per heavy atom. The van der Waals surface area contributed by atoms with E-state index in [1.165, 1.54) is 0 Å². The smallest absolute Gasteiger partial charge is 0.237 e. The van der Waals surface area contributed by atoms with Crippen molar-refractivity contribution in [1.29, 1.82) is 0 Å². The van der Waals surface area contributed by atoms with Crippen LogP contribution in [0.2, 0.25) is 0 Å². The fourth-order valence-corrected chi connectivity index (χ4v) is 2.38. The van der Waals surface area contributed by atoms with E-state index in [9.17, 15) is 4.79 Å². The van der Waals surface area contributed by atoms with E-state index in [0.29, 0.717) is 6.42 Å². The van der Waals surface area contributed by atoms with Crippen molar-refractivity contribution < 1.29 is 9.53 Å². The van der Waals surface area contributed by atoms with Crippen LogP contribution in [0, 0.1) is 0 Å². The van der Waals surface area contributed by atoms with E-state index < -0.39 is 6.04 Å². The van der Waals surface area contributed by atoms with Crippen LogP contribution in [0.15, 0.2) is 24.3 Å². The highest BCUT2D eigenvalue weighted by molar-refractivity contribution is 7.98. The minimum atomic E-state index is -0.441. The summed E-state index contributed by atoms with van der Waals surface area (Å²) in [6.45, 7) is 5.94. The molecule has 0 aliphatic rings. The molecule has 1 amide bonds. The predicted octanol–water partition coefficient (Wildman–Crippen LogP) is 2.73. The fourth-order valence-electron chi connectivity index (χ4n) is 1.89. The Balaban J connectivity index is 2.54. The molecule has 1 aromatic carbocycles. The van der Waals surface area contributed by atoms with Crippen LogP contribution in [-0.4, -0.2) is 30.1 Å². The normalized spacial score (nSPS) is 13.8. The number of rotatable bonds is 8. The molecule has 0 saturated heterocycles. The molecule has 0 saturated carbocycles. The van der Waals surface area contributed by atoms with Crippen molar-refractivity contribution >= 4 is 17.7 Å². The lowest BCUT2D eigenvalue weighted by atomic mass is 10.1. The maximum atomic E-state index is 12.0. The summed E-state index contributed by atoms with van der Waals surface area (Å²) in [6, 6.07) is 7.28. The van der Waals surface area contributed by atoms with E-state index in [-0.39, 0.29) is 18.1 Å². The Hall–Kier alpha value is -1.20. The molecule has 5 heteroatoms. The summed E-state index contributed by atoms with van der Waals surface area (Å²) in [4.78, 5) is 12.0. The van der Waals surface area contributed by atoms with Gasteiger partial charge in [0.2, 0.25) is 5.91 Å². The molecule has 3 N–H and O–H groups in total. The summed E-state index contributed by atoms with van der Waals surface area (Å²) >= 11 is 1.70. The van der Waals surface area contributed by atoms with Gasteiger partial charge in [0.25, 0.3) is 0 Å². The van der Waals surface area contributed by atoms with Crippen LogP contribution in [0.25, 0.3) is 0 Å². The minimum Gasteiger partial charge on any atom is -0.491 e. The first kappa shape index (κ1) is 17.9. The molecule has 1 aromatic rings. The van der Waals surface area contributed by atoms with Crippen molar-refractivity contribution in [3.05, 3.63) is 29.8 Å². The molecule has 0 bridgehead atoms. The molecule has 0 aromatic heterocycles. The van der Waals surface area contributed by atoms with E-state index in [1.54, 1.807) is 11.8 Å². The fraction of sp³-hybridized carbons (Fsp3) is 0.562. The van der Waals surface area contributed by atoms with E-state index >= 15 is 0 Å². The van der Waals surface area contributed by atoms with Gasteiger partial charge in [-0.15, -0.1) is 0 Å². The lowest BCUT2D eigenvalue weighted by Crippen LogP contribution is -2.41. The summed E-state index contributed by atoms with van der Waals surface area (Å²) < 4.78 is 5.60. The Kier molecular flexibility index (Phi) is 7.61. The molecule has 0 fully saturated rings. The number of amides is 1. The van der Waals surface area contributed by atoms with Crippen LogP contribution in [-0.2, 0) is 4.79 Å². The number of nitrogens with one attached hydrogen (secondary N) is 1. The number of nitrogens with two attached hydrogens (primary N) is 1. The van der Waals surface area contributed by atoms with Crippen LogP contribution in [0.5, 0.6) is 5.75 Å². The molecule has 0 aliphatic carbocycles. The first-order valence-corrected chi connectivity index (χ1v) is 8.65. The van der Waals surface area contributed by atoms with Crippen molar-refractivity contribution in [2.75, 3.05) is 12.0 Å². The van der Waals surface area contributed by atoms with Gasteiger partial charge < -0.3 is 15.8 Å². The van der Waals surface area contributed by atoms with Gasteiger partial charge in [-0.1, -0.05) is 12.1 Å². The molecule has 0 aliphatic heterocycles. The summed E-state index contributed by atoms with van der Waals surface area (Å²) in [5, 5.41) is 2.95. The Morgan fingerprint density at radius 3 is 2.43 bits per heavy atom. The maximum absolute atomic E-state index is 12.0. The highest BCUT2D eigenvalue weighted by atomic mass is 32.2. The topological polar surface area (TPSA) is 64.4 Å². The largest absolute Gasteiger partial charge is 0.491 e. The van der Waals surface area contributed by atoms with Gasteiger partial charge in [0, 0.05) is 0 Å². The Bertz CT molecular complexity index is 434. The van der Waals surface area contributed by atoms with E-state index in [2.05, 4.69) is 5.32 Å². The van der Waals surface area contributed by atoms with Crippen molar-refractivity contribution in [3.8, 4) is 5.75 Å². The van der Waals surface area contributed by atoms with Gasteiger partial charge in [-0.3, -0.25) is 4.79 Å². The molecule has 2 atom stereocenters. The van der Waals surface area contributed by atoms with E-state index in [4.69, 9.17) is 10.5 Å². The van der Waals surface area contributed by atoms with Gasteiger partial charge >= 0.3 is 0 Å². The third-order valence-corrected chi connectivity index (χ3v) is 3.72. The average Bonchev–Trinajstić information content (AvgIpc) is 2.44. The second kappa shape index (κ2) is 8.95. The van der Waals surface area contributed by atoms with E-state index in [1.807, 2.05) is 51.3 Å². The summed E-state index contributed by atoms with van der Waals surface area (Å²) in [5.74, 6) is 1.63. The molecule has 4 nitrogen and oxygen atoms in total. The monoisotopic (exact) mass is 310 g/mol. The summed E-state index contributed by atoms with van der Waals surface area (Å²) in [5.41, 5.74) is 6.90. The molecular formula is C16H26N2O2S. The minimum absolute atomic E-state index is 0.0640. The van der Waals surface area contributed by atoms with E-state index in [0.717, 1.165) is 17.1 Å². The maximum Gasteiger partial charge on any atom is 0.237 e. The summed E-state index contributed by atoms with van der Waals surface area (Å²) in [6.07, 6.45) is 2.86. The van der Waals surface area contributed by atoms with Crippen LogP contribution in [0.3, 0.4) is 0 Å². The first-order chi connectivity index (χ1) is 9.93. The van der Waals surface area contributed by atoms with Gasteiger partial charge in [0.1, 0.15) is 5.75 Å². The zero-order valence-corrected chi connectivity index (χ0v) is 14.1. The number of thioether (sulfide) groups is 1. The standard InChI is InChI=1S/C16H26N2O2S/c1-11(2)20-14-7-5-13(6-8-14)12(3)18-16(19)15(17)9-10-21-4/h5-8,11-12,15H,9-10,17H2,1-4H3,(H,18,19)/t12?,15-/m0/s1. The Labute approximate surface area is 131 Å². The Morgan fingerprint density at radius 1 is 1.29 bits per heavy atom. The highest BCUT2D eigenvalue weighted by Crippen LogP contribution is 2.18. The highest BCUT2D eigenvalue weighted by Gasteiger charge is 2.16. The quantitative estimate of drug-likeness (QED) is 0.775. The second-order valence-electron chi connectivity index (χ2n) is 5.35. The second-order valence-corrected chi connectivity index (χ2v) is 6.34. The van der Waals surface area contributed by atoms with Crippen molar-refractivity contribution in [2.45, 2.75) is 45.4 Å². The molecule has 21 heavy (non-hydrogen) atoms. The molecule has 0 radical (unpaired) electrons. The molecular weight excluding hydrogens is 284 g/mol. The van der Waals surface area contributed by atoms with Crippen molar-refractivity contribution in [1.82, 2.24) is 5.32 Å². The summed E-state index contributed by atoms with van der Waals surface area (Å²) in [7, 11) is 0. The number of benzene rings is 1. The zero-order chi connectivity index (χ0) is 15.8. The first-order valence-electron chi connectivity index (χ1n) is 7.25. The average molecular weight is 310 g/mol. The SMILES string of the molecule is CSCC[C@H](N)C(=O)NC(C)c1ccc(OC(C)C)cc1. The molecule has 1 unspecified atom stereocenters. The van der Waals surface area contributed by atoms with Crippen LogP contribution >= 0.6 is 11.8 Å². The van der Waals surface area contributed by atoms with Gasteiger partial charge in [-0.2, -0.15) is 11.8 Å². The number of hydrogen-bond acceptors (Lipinski definition) is 4. The molecule has 118 valence electrons. The van der Waals surface area contributed by atoms with Crippen LogP contribution < -0.4 is 15.8 Å². The number of ether oxygens (including phenoxy) is 1.